The Morgan fingerprint density at radius 1 is 1.00 bits per heavy atom. The lowest BCUT2D eigenvalue weighted by atomic mass is 10.1. The number of rotatable bonds is 5. The molecule has 0 fully saturated rings. The summed E-state index contributed by atoms with van der Waals surface area (Å²) in [6, 6.07) is 13.8. The third kappa shape index (κ3) is 4.27. The van der Waals surface area contributed by atoms with Crippen molar-refractivity contribution in [1.29, 1.82) is 0 Å². The highest BCUT2D eigenvalue weighted by molar-refractivity contribution is 6.05. The molecule has 0 spiro atoms. The molecule has 0 aliphatic carbocycles. The summed E-state index contributed by atoms with van der Waals surface area (Å²) >= 11 is 0. The van der Waals surface area contributed by atoms with Crippen LogP contribution in [-0.2, 0) is 9.53 Å². The van der Waals surface area contributed by atoms with E-state index in [1.165, 1.54) is 31.2 Å². The van der Waals surface area contributed by atoms with Gasteiger partial charge < -0.3 is 14.5 Å². The molecule has 7 nitrogen and oxygen atoms in total. The topological polar surface area (TPSA) is 103 Å². The monoisotopic (exact) mass is 365 g/mol. The quantitative estimate of drug-likeness (QED) is 0.423. The Labute approximate surface area is 153 Å². The van der Waals surface area contributed by atoms with Crippen molar-refractivity contribution >= 4 is 28.6 Å². The maximum Gasteiger partial charge on any atom is 0.339 e. The number of para-hydroxylation sites is 1. The van der Waals surface area contributed by atoms with Crippen LogP contribution in [0.4, 0.5) is 0 Å². The van der Waals surface area contributed by atoms with Crippen molar-refractivity contribution in [2.45, 2.75) is 6.92 Å². The first-order chi connectivity index (χ1) is 12.9. The molecule has 3 aromatic rings. The normalized spacial score (nSPS) is 10.4. The molecule has 0 saturated heterocycles. The fourth-order valence-electron chi connectivity index (χ4n) is 2.54. The van der Waals surface area contributed by atoms with Crippen LogP contribution in [0.15, 0.2) is 59.4 Å². The van der Waals surface area contributed by atoms with Crippen molar-refractivity contribution in [3.05, 3.63) is 76.1 Å². The summed E-state index contributed by atoms with van der Waals surface area (Å²) in [7, 11) is 0. The molecule has 0 aliphatic rings. The molecular formula is C20H15NO6. The number of benzene rings is 2. The summed E-state index contributed by atoms with van der Waals surface area (Å²) < 4.78 is 9.96. The smallest absolute Gasteiger partial charge is 0.339 e. The summed E-state index contributed by atoms with van der Waals surface area (Å²) in [5.74, 6) is -1.34. The molecule has 1 N–H and O–H groups in total. The van der Waals surface area contributed by atoms with Crippen LogP contribution in [0.5, 0.6) is 5.75 Å². The third-order valence-electron chi connectivity index (χ3n) is 3.74. The largest absolute Gasteiger partial charge is 0.454 e. The number of aromatic nitrogens is 1. The first-order valence-electron chi connectivity index (χ1n) is 8.05. The summed E-state index contributed by atoms with van der Waals surface area (Å²) in [6.45, 7) is 0.795. The number of aromatic amines is 1. The van der Waals surface area contributed by atoms with E-state index in [1.807, 2.05) is 0 Å². The van der Waals surface area contributed by atoms with E-state index in [-0.39, 0.29) is 5.56 Å². The Hall–Kier alpha value is -3.74. The first-order valence-corrected chi connectivity index (χ1v) is 8.05. The molecule has 0 bridgehead atoms. The van der Waals surface area contributed by atoms with Gasteiger partial charge in [0.15, 0.2) is 12.4 Å². The van der Waals surface area contributed by atoms with Gasteiger partial charge in [0.2, 0.25) is 5.56 Å². The van der Waals surface area contributed by atoms with Crippen LogP contribution in [0, 0.1) is 0 Å². The van der Waals surface area contributed by atoms with Gasteiger partial charge in [0.25, 0.3) is 0 Å². The number of hydrogen-bond donors (Lipinski definition) is 1. The number of Topliss-reactive ketones (excluding diaryl/α,β-unsaturated/α-hetero) is 1. The fraction of sp³-hybridized carbons (Fsp3) is 0.100. The fourth-order valence-corrected chi connectivity index (χ4v) is 2.54. The number of nitrogens with one attached hydrogen (secondary N) is 1. The van der Waals surface area contributed by atoms with E-state index in [1.54, 1.807) is 24.3 Å². The zero-order chi connectivity index (χ0) is 19.4. The molecule has 0 aliphatic heterocycles. The van der Waals surface area contributed by atoms with Crippen molar-refractivity contribution in [2.75, 3.05) is 6.61 Å². The highest BCUT2D eigenvalue weighted by Crippen LogP contribution is 2.16. The van der Waals surface area contributed by atoms with Gasteiger partial charge in [0.05, 0.1) is 5.56 Å². The molecule has 136 valence electrons. The lowest BCUT2D eigenvalue weighted by molar-refractivity contribution is -0.131. The highest BCUT2D eigenvalue weighted by Gasteiger charge is 2.15. The average molecular weight is 365 g/mol. The second-order valence-corrected chi connectivity index (χ2v) is 5.71. The number of ketones is 1. The number of esters is 2. The van der Waals surface area contributed by atoms with Crippen LogP contribution >= 0.6 is 0 Å². The van der Waals surface area contributed by atoms with E-state index < -0.39 is 29.9 Å². The van der Waals surface area contributed by atoms with Crippen LogP contribution in [0.1, 0.15) is 27.6 Å². The van der Waals surface area contributed by atoms with E-state index >= 15 is 0 Å². The predicted octanol–water partition coefficient (Wildman–Crippen LogP) is 2.49. The van der Waals surface area contributed by atoms with Gasteiger partial charge in [0, 0.05) is 29.5 Å². The van der Waals surface area contributed by atoms with Crippen LogP contribution in [0.3, 0.4) is 0 Å². The Kier molecular flexibility index (Phi) is 5.12. The van der Waals surface area contributed by atoms with Gasteiger partial charge in [-0.05, 0) is 30.3 Å². The maximum atomic E-state index is 12.3. The number of ether oxygens (including phenoxy) is 2. The maximum absolute atomic E-state index is 12.3. The number of fused-ring (bicyclic) bond motifs is 1. The van der Waals surface area contributed by atoms with Gasteiger partial charge in [-0.25, -0.2) is 4.79 Å². The molecule has 0 amide bonds. The minimum absolute atomic E-state index is 0.0901. The van der Waals surface area contributed by atoms with E-state index in [2.05, 4.69) is 4.98 Å². The Balaban J connectivity index is 1.71. The molecule has 2 aromatic carbocycles. The Morgan fingerprint density at radius 3 is 2.41 bits per heavy atom. The molecule has 7 heteroatoms. The van der Waals surface area contributed by atoms with Crippen molar-refractivity contribution in [3.63, 3.8) is 0 Å². The molecule has 0 saturated carbocycles. The van der Waals surface area contributed by atoms with Crippen molar-refractivity contribution in [2.24, 2.45) is 0 Å². The molecule has 0 unspecified atom stereocenters. The van der Waals surface area contributed by atoms with Crippen LogP contribution in [0.2, 0.25) is 0 Å². The molecule has 0 radical (unpaired) electrons. The molecule has 1 aromatic heterocycles. The third-order valence-corrected chi connectivity index (χ3v) is 3.74. The SMILES string of the molecule is CC(=O)Oc1ccc(C(=O)COC(=O)c2cc(=O)[nH]c3ccccc23)cc1. The molecular weight excluding hydrogens is 350 g/mol. The van der Waals surface area contributed by atoms with Crippen molar-refractivity contribution in [1.82, 2.24) is 4.98 Å². The van der Waals surface area contributed by atoms with Crippen molar-refractivity contribution in [3.8, 4) is 5.75 Å². The van der Waals surface area contributed by atoms with Gasteiger partial charge in [-0.3, -0.25) is 14.4 Å². The van der Waals surface area contributed by atoms with Gasteiger partial charge >= 0.3 is 11.9 Å². The van der Waals surface area contributed by atoms with Gasteiger partial charge in [-0.2, -0.15) is 0 Å². The summed E-state index contributed by atoms with van der Waals surface area (Å²) in [6.07, 6.45) is 0. The summed E-state index contributed by atoms with van der Waals surface area (Å²) in [5.41, 5.74) is 0.458. The zero-order valence-corrected chi connectivity index (χ0v) is 14.4. The number of H-pyrrole nitrogens is 1. The minimum atomic E-state index is -0.762. The average Bonchev–Trinajstić information content (AvgIpc) is 2.65. The number of pyridine rings is 1. The summed E-state index contributed by atoms with van der Waals surface area (Å²) in [5, 5.41) is 0.528. The van der Waals surface area contributed by atoms with Gasteiger partial charge in [-0.1, -0.05) is 18.2 Å². The Bertz CT molecular complexity index is 1080. The van der Waals surface area contributed by atoms with E-state index in [0.717, 1.165) is 6.07 Å². The summed E-state index contributed by atoms with van der Waals surface area (Å²) in [4.78, 5) is 49.8. The lowest BCUT2D eigenvalue weighted by Gasteiger charge is -2.07. The second-order valence-electron chi connectivity index (χ2n) is 5.71. The standard InChI is InChI=1S/C20H15NO6/c1-12(22)27-14-8-6-13(7-9-14)18(23)11-26-20(25)16-10-19(24)21-17-5-3-2-4-15(16)17/h2-10H,11H2,1H3,(H,21,24). The van der Waals surface area contributed by atoms with Gasteiger partial charge in [-0.15, -0.1) is 0 Å². The molecule has 27 heavy (non-hydrogen) atoms. The van der Waals surface area contributed by atoms with E-state index in [4.69, 9.17) is 9.47 Å². The Morgan fingerprint density at radius 2 is 1.70 bits per heavy atom. The molecule has 3 rings (SSSR count). The number of carbonyl (C=O) groups excluding carboxylic acids is 3. The number of carbonyl (C=O) groups is 3. The zero-order valence-electron chi connectivity index (χ0n) is 14.4. The predicted molar refractivity (Wildman–Crippen MR) is 96.9 cm³/mol. The van der Waals surface area contributed by atoms with Crippen LogP contribution in [-0.4, -0.2) is 29.3 Å². The highest BCUT2D eigenvalue weighted by atomic mass is 16.5. The van der Waals surface area contributed by atoms with Crippen LogP contribution in [0.25, 0.3) is 10.9 Å². The molecule has 1 heterocycles. The van der Waals surface area contributed by atoms with E-state index in [9.17, 15) is 19.2 Å². The van der Waals surface area contributed by atoms with Crippen molar-refractivity contribution < 1.29 is 23.9 Å². The van der Waals surface area contributed by atoms with E-state index in [0.29, 0.717) is 22.2 Å². The number of hydrogen-bond acceptors (Lipinski definition) is 6. The molecule has 0 atom stereocenters. The second kappa shape index (κ2) is 7.65. The lowest BCUT2D eigenvalue weighted by Crippen LogP contribution is -2.17. The van der Waals surface area contributed by atoms with Gasteiger partial charge in [0.1, 0.15) is 5.75 Å². The first kappa shape index (κ1) is 18.1. The van der Waals surface area contributed by atoms with Crippen LogP contribution < -0.4 is 10.3 Å². The minimum Gasteiger partial charge on any atom is -0.454 e.